The Morgan fingerprint density at radius 1 is 0.281 bits per heavy atom. The summed E-state index contributed by atoms with van der Waals surface area (Å²) in [6.07, 6.45) is 0. The SMILES string of the molecule is Bc1c(B)c(B)c2c(-c3ccccc3-c3ccc(-c4ccccc4)cc3)c3c(B)c(B)c(B)c(B)c3c(-c3ccc4c(c3)-c3cc5ccccc5cc3B4)c2c1B. The molecule has 1 aliphatic heterocycles. The van der Waals surface area contributed by atoms with Gasteiger partial charge in [0.2, 0.25) is 0 Å². The molecule has 0 saturated heterocycles. The molecule has 0 fully saturated rings. The lowest BCUT2D eigenvalue weighted by Gasteiger charge is -2.29. The van der Waals surface area contributed by atoms with Crippen LogP contribution in [0.15, 0.2) is 133 Å². The lowest BCUT2D eigenvalue weighted by Crippen LogP contribution is -2.50. The predicted molar refractivity (Wildman–Crippen MR) is 278 cm³/mol. The van der Waals surface area contributed by atoms with E-state index in [2.05, 4.69) is 196 Å². The third kappa shape index (κ3) is 5.42. The Balaban J connectivity index is 1.32. The highest BCUT2D eigenvalue weighted by molar-refractivity contribution is 6.74. The number of rotatable bonds is 4. The average molecular weight is 713 g/mol. The number of hydrogen-bond acceptors (Lipinski definition) is 0. The molecule has 1 aliphatic rings. The van der Waals surface area contributed by atoms with Gasteiger partial charge in [-0.3, -0.25) is 0 Å². The zero-order valence-corrected chi connectivity index (χ0v) is 34.4. The minimum atomic E-state index is 0.978. The predicted octanol–water partition coefficient (Wildman–Crippen LogP) is -2.75. The molecular weight excluding hydrogens is 674 g/mol. The minimum absolute atomic E-state index is 0.978. The standard InChI is InChI=1S/C48H39B9/c49-41-37-35(28-18-19-33-31(21-28)32-20-26-10-4-5-11-27(26)22-34(32)57-33)38-40(44(52)48(56)46(54)42(38)50)36(39(37)43(51)47(55)45(41)53)30-13-7-6-12-29(30)25-16-14-24(15-17-25)23-8-2-1-3-9-23/h1-22,57H,49-56H2. The first-order valence-electron chi connectivity index (χ1n) is 20.5. The summed E-state index contributed by atoms with van der Waals surface area (Å²) >= 11 is 0. The van der Waals surface area contributed by atoms with Gasteiger partial charge >= 0.3 is 0 Å². The molecule has 0 bridgehead atoms. The van der Waals surface area contributed by atoms with E-state index in [1.807, 2.05) is 0 Å². The molecule has 0 N–H and O–H groups in total. The number of benzene rings is 9. The van der Waals surface area contributed by atoms with Gasteiger partial charge in [0.1, 0.15) is 62.8 Å². The molecule has 0 nitrogen and oxygen atoms in total. The molecule has 0 aliphatic carbocycles. The van der Waals surface area contributed by atoms with Crippen LogP contribution in [0.2, 0.25) is 0 Å². The van der Waals surface area contributed by atoms with Crippen molar-refractivity contribution in [2.24, 2.45) is 0 Å². The second-order valence-corrected chi connectivity index (χ2v) is 16.6. The molecule has 57 heavy (non-hydrogen) atoms. The van der Waals surface area contributed by atoms with E-state index in [0.29, 0.717) is 0 Å². The molecular formula is C48H39B9. The average Bonchev–Trinajstić information content (AvgIpc) is 3.61. The van der Waals surface area contributed by atoms with Crippen molar-refractivity contribution in [2.75, 3.05) is 0 Å². The van der Waals surface area contributed by atoms with Gasteiger partial charge in [-0.25, -0.2) is 0 Å². The van der Waals surface area contributed by atoms with E-state index < -0.39 is 0 Å². The van der Waals surface area contributed by atoms with Gasteiger partial charge in [0.05, 0.1) is 0 Å². The Bertz CT molecular complexity index is 3090. The van der Waals surface area contributed by atoms with Crippen molar-refractivity contribution >= 4 is 157 Å². The van der Waals surface area contributed by atoms with Crippen LogP contribution in [0.5, 0.6) is 0 Å². The first kappa shape index (κ1) is 35.7. The Hall–Kier alpha value is -5.66. The van der Waals surface area contributed by atoms with E-state index in [9.17, 15) is 0 Å². The summed E-state index contributed by atoms with van der Waals surface area (Å²) in [7, 11) is 19.8. The lowest BCUT2D eigenvalue weighted by atomic mass is 9.59. The Morgan fingerprint density at radius 2 is 0.719 bits per heavy atom. The molecule has 0 amide bonds. The molecule has 0 atom stereocenters. The van der Waals surface area contributed by atoms with Gasteiger partial charge in [-0.05, 0) is 100 Å². The largest absolute Gasteiger partial charge is 0.193 e. The lowest BCUT2D eigenvalue weighted by molar-refractivity contribution is 1.59. The summed E-state index contributed by atoms with van der Waals surface area (Å²) in [6, 6.07) is 50.0. The quantitative estimate of drug-likeness (QED) is 0.137. The van der Waals surface area contributed by atoms with E-state index in [1.165, 1.54) is 143 Å². The van der Waals surface area contributed by atoms with Crippen molar-refractivity contribution in [3.05, 3.63) is 133 Å². The van der Waals surface area contributed by atoms with Crippen LogP contribution in [0, 0.1) is 0 Å². The maximum atomic E-state index is 2.53. The van der Waals surface area contributed by atoms with Crippen LogP contribution in [-0.4, -0.2) is 70.0 Å². The topological polar surface area (TPSA) is 0 Å². The molecule has 0 saturated carbocycles. The maximum absolute atomic E-state index is 2.53. The molecule has 9 heteroatoms. The number of hydrogen-bond donors (Lipinski definition) is 0. The van der Waals surface area contributed by atoms with Crippen LogP contribution >= 0.6 is 0 Å². The third-order valence-electron chi connectivity index (χ3n) is 13.9. The smallest absolute Gasteiger partial charge is 0.101 e. The molecule has 1 heterocycles. The van der Waals surface area contributed by atoms with E-state index >= 15 is 0 Å². The molecule has 10 rings (SSSR count). The highest BCUT2D eigenvalue weighted by Crippen LogP contribution is 2.44. The molecule has 0 aromatic heterocycles. The highest BCUT2D eigenvalue weighted by atomic mass is 14.3. The Kier molecular flexibility index (Phi) is 8.45. The van der Waals surface area contributed by atoms with Gasteiger partial charge in [-0.15, -0.1) is 21.9 Å². The van der Waals surface area contributed by atoms with Crippen molar-refractivity contribution < 1.29 is 0 Å². The van der Waals surface area contributed by atoms with Gasteiger partial charge in [0.15, 0.2) is 7.28 Å². The summed E-state index contributed by atoms with van der Waals surface area (Å²) in [5, 5.41) is 8.15. The molecule has 0 spiro atoms. The second-order valence-electron chi connectivity index (χ2n) is 16.6. The minimum Gasteiger partial charge on any atom is -0.101 e. The molecule has 0 radical (unpaired) electrons. The zero-order valence-electron chi connectivity index (χ0n) is 34.4. The van der Waals surface area contributed by atoms with Gasteiger partial charge in [-0.2, -0.15) is 0 Å². The number of fused-ring (bicyclic) bond motifs is 6. The summed E-state index contributed by atoms with van der Waals surface area (Å²) in [6.45, 7) is 0. The van der Waals surface area contributed by atoms with E-state index in [1.54, 1.807) is 0 Å². The van der Waals surface area contributed by atoms with Crippen LogP contribution in [-0.2, 0) is 0 Å². The third-order valence-corrected chi connectivity index (χ3v) is 13.9. The summed E-state index contributed by atoms with van der Waals surface area (Å²) in [4.78, 5) is 0. The molecule has 258 valence electrons. The van der Waals surface area contributed by atoms with E-state index in [4.69, 9.17) is 0 Å². The monoisotopic (exact) mass is 714 g/mol. The van der Waals surface area contributed by atoms with Crippen LogP contribution in [0.25, 0.3) is 88.0 Å². The van der Waals surface area contributed by atoms with Crippen LogP contribution in [0.1, 0.15) is 0 Å². The van der Waals surface area contributed by atoms with Crippen molar-refractivity contribution in [3.63, 3.8) is 0 Å². The molecule has 9 aromatic rings. The Labute approximate surface area is 344 Å². The normalized spacial score (nSPS) is 11.9. The van der Waals surface area contributed by atoms with Gasteiger partial charge in [-0.1, -0.05) is 154 Å². The fourth-order valence-corrected chi connectivity index (χ4v) is 10.1. The van der Waals surface area contributed by atoms with Gasteiger partial charge in [0.25, 0.3) is 0 Å². The van der Waals surface area contributed by atoms with E-state index in [0.717, 1.165) is 7.28 Å². The van der Waals surface area contributed by atoms with Crippen LogP contribution in [0.3, 0.4) is 0 Å². The van der Waals surface area contributed by atoms with Gasteiger partial charge in [0, 0.05) is 0 Å². The highest BCUT2D eigenvalue weighted by Gasteiger charge is 2.28. The van der Waals surface area contributed by atoms with Crippen molar-refractivity contribution in [1.29, 1.82) is 0 Å². The first-order valence-corrected chi connectivity index (χ1v) is 20.5. The first-order chi connectivity index (χ1) is 27.6. The fourth-order valence-electron chi connectivity index (χ4n) is 10.1. The fraction of sp³-hybridized carbons (Fsp3) is 0. The summed E-state index contributed by atoms with van der Waals surface area (Å²) < 4.78 is 0. The maximum Gasteiger partial charge on any atom is 0.193 e. The zero-order chi connectivity index (χ0) is 39.3. The summed E-state index contributed by atoms with van der Waals surface area (Å²) in [5.74, 6) is 0. The van der Waals surface area contributed by atoms with Crippen molar-refractivity contribution in [1.82, 2.24) is 0 Å². The summed E-state index contributed by atoms with van der Waals surface area (Å²) in [5.41, 5.74) is 26.9. The van der Waals surface area contributed by atoms with Crippen molar-refractivity contribution in [3.8, 4) is 55.6 Å². The Morgan fingerprint density at radius 3 is 1.32 bits per heavy atom. The van der Waals surface area contributed by atoms with Crippen LogP contribution < -0.4 is 54.6 Å². The molecule has 0 unspecified atom stereocenters. The van der Waals surface area contributed by atoms with E-state index in [-0.39, 0.29) is 0 Å². The van der Waals surface area contributed by atoms with Gasteiger partial charge < -0.3 is 0 Å². The second kappa shape index (κ2) is 13.5. The van der Waals surface area contributed by atoms with Crippen molar-refractivity contribution in [2.45, 2.75) is 0 Å². The molecule has 9 aromatic carbocycles. The van der Waals surface area contributed by atoms with Crippen LogP contribution in [0.4, 0.5) is 0 Å².